The second kappa shape index (κ2) is 7.98. The molecule has 2 aliphatic rings. The maximum Gasteiger partial charge on any atom is 0.247 e. The fourth-order valence-electron chi connectivity index (χ4n) is 4.23. The fourth-order valence-corrected chi connectivity index (χ4v) is 6.93. The Balaban J connectivity index is 1.57. The molecular formula is C21H29N3O3S2. The van der Waals surface area contributed by atoms with E-state index < -0.39 is 10.0 Å². The molecule has 158 valence electrons. The van der Waals surface area contributed by atoms with Crippen LogP contribution in [0.25, 0.3) is 0 Å². The Morgan fingerprint density at radius 3 is 2.62 bits per heavy atom. The topological polar surface area (TPSA) is 62.7 Å². The van der Waals surface area contributed by atoms with E-state index in [0.29, 0.717) is 18.9 Å². The molecule has 3 heterocycles. The molecule has 0 aliphatic carbocycles. The van der Waals surface area contributed by atoms with E-state index in [0.717, 1.165) is 38.2 Å². The molecule has 0 bridgehead atoms. The van der Waals surface area contributed by atoms with E-state index in [9.17, 15) is 8.42 Å². The van der Waals surface area contributed by atoms with Crippen LogP contribution < -0.4 is 4.74 Å². The third kappa shape index (κ3) is 4.08. The van der Waals surface area contributed by atoms with Gasteiger partial charge < -0.3 is 4.74 Å². The molecule has 1 saturated heterocycles. The summed E-state index contributed by atoms with van der Waals surface area (Å²) in [5.41, 5.74) is 2.85. The van der Waals surface area contributed by atoms with E-state index in [1.165, 1.54) is 4.88 Å². The molecule has 1 fully saturated rings. The number of thiazole rings is 1. The van der Waals surface area contributed by atoms with Gasteiger partial charge >= 0.3 is 0 Å². The SMILES string of the molecule is Cc1ncsc1CN1CCC2(CC1)COc1ccccc1S(=O)(=O)N(C(C)C)C2. The minimum Gasteiger partial charge on any atom is -0.492 e. The van der Waals surface area contributed by atoms with Crippen molar-refractivity contribution in [3.63, 3.8) is 0 Å². The van der Waals surface area contributed by atoms with Crippen LogP contribution in [-0.2, 0) is 16.6 Å². The van der Waals surface area contributed by atoms with Crippen molar-refractivity contribution in [1.82, 2.24) is 14.2 Å². The Bertz CT molecular complexity index is 963. The highest BCUT2D eigenvalue weighted by Gasteiger charge is 2.43. The van der Waals surface area contributed by atoms with Crippen molar-refractivity contribution in [2.45, 2.75) is 51.1 Å². The number of piperidine rings is 1. The van der Waals surface area contributed by atoms with Crippen molar-refractivity contribution in [3.05, 3.63) is 40.3 Å². The van der Waals surface area contributed by atoms with Crippen molar-refractivity contribution < 1.29 is 13.2 Å². The quantitative estimate of drug-likeness (QED) is 0.738. The Hall–Kier alpha value is -1.48. The zero-order valence-electron chi connectivity index (χ0n) is 17.3. The molecule has 0 N–H and O–H groups in total. The highest BCUT2D eigenvalue weighted by Crippen LogP contribution is 2.40. The zero-order valence-corrected chi connectivity index (χ0v) is 18.9. The predicted molar refractivity (Wildman–Crippen MR) is 115 cm³/mol. The van der Waals surface area contributed by atoms with Gasteiger partial charge in [-0.3, -0.25) is 4.90 Å². The summed E-state index contributed by atoms with van der Waals surface area (Å²) in [6.45, 7) is 9.83. The number of nitrogens with zero attached hydrogens (tertiary/aromatic N) is 3. The second-order valence-electron chi connectivity index (χ2n) is 8.52. The molecule has 6 nitrogen and oxygen atoms in total. The Morgan fingerprint density at radius 1 is 1.24 bits per heavy atom. The standard InChI is InChI=1S/C21H29N3O3S2/c1-16(2)24-13-21(14-27-18-6-4-5-7-20(18)29(24,25)26)8-10-23(11-9-21)12-19-17(3)22-15-28-19/h4-7,15-16H,8-14H2,1-3H3. The maximum atomic E-state index is 13.4. The number of ether oxygens (including phenoxy) is 1. The fraction of sp³-hybridized carbons (Fsp3) is 0.571. The van der Waals surface area contributed by atoms with Crippen molar-refractivity contribution in [2.24, 2.45) is 5.41 Å². The minimum absolute atomic E-state index is 0.0964. The first-order valence-electron chi connectivity index (χ1n) is 10.2. The normalized spacial score (nSPS) is 22.1. The second-order valence-corrected chi connectivity index (χ2v) is 11.3. The van der Waals surface area contributed by atoms with E-state index in [1.807, 2.05) is 25.4 Å². The van der Waals surface area contributed by atoms with E-state index in [4.69, 9.17) is 4.74 Å². The first-order chi connectivity index (χ1) is 13.8. The molecule has 2 aromatic rings. The lowest BCUT2D eigenvalue weighted by Crippen LogP contribution is -2.52. The number of aromatic nitrogens is 1. The molecule has 2 aliphatic heterocycles. The summed E-state index contributed by atoms with van der Waals surface area (Å²) in [5.74, 6) is 0.472. The highest BCUT2D eigenvalue weighted by atomic mass is 32.2. The molecule has 8 heteroatoms. The summed E-state index contributed by atoms with van der Waals surface area (Å²) >= 11 is 1.71. The number of likely N-dealkylation sites (tertiary alicyclic amines) is 1. The monoisotopic (exact) mass is 435 g/mol. The molecule has 1 aromatic heterocycles. The van der Waals surface area contributed by atoms with Gasteiger partial charge in [-0.05, 0) is 58.8 Å². The summed E-state index contributed by atoms with van der Waals surface area (Å²) in [5, 5.41) is 0. The van der Waals surface area contributed by atoms with Crippen LogP contribution in [-0.4, -0.2) is 54.9 Å². The number of hydrogen-bond acceptors (Lipinski definition) is 6. The smallest absolute Gasteiger partial charge is 0.247 e. The average Bonchev–Trinajstić information content (AvgIpc) is 3.10. The lowest BCUT2D eigenvalue weighted by atomic mass is 9.78. The van der Waals surface area contributed by atoms with Gasteiger partial charge in [0.2, 0.25) is 10.0 Å². The largest absolute Gasteiger partial charge is 0.492 e. The first-order valence-corrected chi connectivity index (χ1v) is 12.5. The lowest BCUT2D eigenvalue weighted by molar-refractivity contribution is 0.0285. The number of sulfonamides is 1. The van der Waals surface area contributed by atoms with Crippen LogP contribution in [0, 0.1) is 12.3 Å². The zero-order chi connectivity index (χ0) is 20.6. The number of benzene rings is 1. The summed E-state index contributed by atoms with van der Waals surface area (Å²) < 4.78 is 34.6. The van der Waals surface area contributed by atoms with Crippen LogP contribution >= 0.6 is 11.3 Å². The summed E-state index contributed by atoms with van der Waals surface area (Å²) in [7, 11) is -3.59. The summed E-state index contributed by atoms with van der Waals surface area (Å²) in [6, 6.07) is 6.92. The van der Waals surface area contributed by atoms with Crippen molar-refractivity contribution in [3.8, 4) is 5.75 Å². The number of aryl methyl sites for hydroxylation is 1. The summed E-state index contributed by atoms with van der Waals surface area (Å²) in [6.07, 6.45) is 1.84. The molecule has 0 amide bonds. The maximum absolute atomic E-state index is 13.4. The van der Waals surface area contributed by atoms with Crippen LogP contribution in [0.5, 0.6) is 5.75 Å². The van der Waals surface area contributed by atoms with Gasteiger partial charge in [0.15, 0.2) is 0 Å². The van der Waals surface area contributed by atoms with Gasteiger partial charge in [0.25, 0.3) is 0 Å². The van der Waals surface area contributed by atoms with Gasteiger partial charge in [-0.25, -0.2) is 13.4 Å². The van der Waals surface area contributed by atoms with Crippen LogP contribution in [0.2, 0.25) is 0 Å². The molecule has 0 radical (unpaired) electrons. The molecule has 0 atom stereocenters. The number of para-hydroxylation sites is 1. The van der Waals surface area contributed by atoms with Gasteiger partial charge in [-0.2, -0.15) is 4.31 Å². The number of rotatable bonds is 3. The van der Waals surface area contributed by atoms with Crippen molar-refractivity contribution in [1.29, 1.82) is 0 Å². The highest BCUT2D eigenvalue weighted by molar-refractivity contribution is 7.89. The third-order valence-electron chi connectivity index (χ3n) is 6.17. The van der Waals surface area contributed by atoms with Gasteiger partial charge in [-0.15, -0.1) is 11.3 Å². The Labute approximate surface area is 177 Å². The van der Waals surface area contributed by atoms with E-state index in [2.05, 4.69) is 16.8 Å². The average molecular weight is 436 g/mol. The van der Waals surface area contributed by atoms with Crippen molar-refractivity contribution in [2.75, 3.05) is 26.2 Å². The molecule has 1 aromatic carbocycles. The molecular weight excluding hydrogens is 406 g/mol. The van der Waals surface area contributed by atoms with Crippen molar-refractivity contribution >= 4 is 21.4 Å². The van der Waals surface area contributed by atoms with E-state index in [-0.39, 0.29) is 16.4 Å². The molecule has 1 spiro atoms. The van der Waals surface area contributed by atoms with E-state index >= 15 is 0 Å². The molecule has 4 rings (SSSR count). The summed E-state index contributed by atoms with van der Waals surface area (Å²) in [4.78, 5) is 8.40. The third-order valence-corrected chi connectivity index (χ3v) is 9.15. The molecule has 29 heavy (non-hydrogen) atoms. The van der Waals surface area contributed by atoms with Gasteiger partial charge in [0.05, 0.1) is 17.8 Å². The van der Waals surface area contributed by atoms with Crippen LogP contribution in [0.1, 0.15) is 37.3 Å². The number of hydrogen-bond donors (Lipinski definition) is 0. The predicted octanol–water partition coefficient (Wildman–Crippen LogP) is 3.53. The minimum atomic E-state index is -3.59. The van der Waals surface area contributed by atoms with Gasteiger partial charge in [0, 0.05) is 29.4 Å². The van der Waals surface area contributed by atoms with Gasteiger partial charge in [0.1, 0.15) is 10.6 Å². The number of fused-ring (bicyclic) bond motifs is 1. The molecule has 0 saturated carbocycles. The Morgan fingerprint density at radius 2 is 1.97 bits per heavy atom. The van der Waals surface area contributed by atoms with Crippen LogP contribution in [0.4, 0.5) is 0 Å². The van der Waals surface area contributed by atoms with Crippen LogP contribution in [0.15, 0.2) is 34.7 Å². The lowest BCUT2D eigenvalue weighted by Gasteiger charge is -2.45. The van der Waals surface area contributed by atoms with E-state index in [1.54, 1.807) is 33.8 Å². The van der Waals surface area contributed by atoms with Gasteiger partial charge in [-0.1, -0.05) is 12.1 Å². The Kier molecular flexibility index (Phi) is 5.72. The molecule has 0 unspecified atom stereocenters. The first kappa shape index (κ1) is 20.8. The van der Waals surface area contributed by atoms with Crippen LogP contribution in [0.3, 0.4) is 0 Å².